The topological polar surface area (TPSA) is 68.7 Å². The lowest BCUT2D eigenvalue weighted by Gasteiger charge is -2.08. The predicted molar refractivity (Wildman–Crippen MR) is 69.3 cm³/mol. The van der Waals surface area contributed by atoms with Crippen molar-refractivity contribution in [3.63, 3.8) is 0 Å². The Balaban J connectivity index is 2.31. The van der Waals surface area contributed by atoms with Gasteiger partial charge in [0, 0.05) is 17.2 Å². The number of nitrogens with zero attached hydrogens (tertiary/aromatic N) is 1. The van der Waals surface area contributed by atoms with Crippen LogP contribution in [0.1, 0.15) is 10.4 Å². The molecule has 0 saturated carbocycles. The van der Waals surface area contributed by atoms with Crippen LogP contribution in [0.4, 0.5) is 0 Å². The number of carbonyl (C=O) groups is 1. The van der Waals surface area contributed by atoms with E-state index in [0.29, 0.717) is 10.8 Å². The molecule has 19 heavy (non-hydrogen) atoms. The number of hydrogen-bond donors (Lipinski definition) is 1. The van der Waals surface area contributed by atoms with Crippen molar-refractivity contribution in [2.24, 2.45) is 0 Å². The second-order valence-electron chi connectivity index (χ2n) is 3.58. The van der Waals surface area contributed by atoms with Gasteiger partial charge < -0.3 is 14.6 Å². The molecule has 98 valence electrons. The quantitative estimate of drug-likeness (QED) is 0.930. The number of carboxylic acid groups (broad SMARTS) is 1. The molecular formula is C13H10ClNO4. The number of rotatable bonds is 4. The van der Waals surface area contributed by atoms with Crippen molar-refractivity contribution in [2.45, 2.75) is 0 Å². The molecule has 1 N–H and O–H groups in total. The van der Waals surface area contributed by atoms with Crippen molar-refractivity contribution in [3.05, 3.63) is 47.1 Å². The smallest absolute Gasteiger partial charge is 0.339 e. The summed E-state index contributed by atoms with van der Waals surface area (Å²) < 4.78 is 10.4. The zero-order valence-electron chi connectivity index (χ0n) is 9.96. The number of halogens is 1. The molecule has 5 nitrogen and oxygen atoms in total. The second kappa shape index (κ2) is 5.58. The van der Waals surface area contributed by atoms with Gasteiger partial charge in [-0.1, -0.05) is 11.6 Å². The van der Waals surface area contributed by atoms with E-state index >= 15 is 0 Å². The van der Waals surface area contributed by atoms with E-state index in [0.717, 1.165) is 0 Å². The lowest BCUT2D eigenvalue weighted by Crippen LogP contribution is -2.00. The van der Waals surface area contributed by atoms with E-state index in [1.54, 1.807) is 12.1 Å². The molecule has 0 aliphatic carbocycles. The predicted octanol–water partition coefficient (Wildman–Crippen LogP) is 3.23. The molecule has 6 heteroatoms. The summed E-state index contributed by atoms with van der Waals surface area (Å²) in [6.07, 6.45) is 1.47. The van der Waals surface area contributed by atoms with Crippen molar-refractivity contribution >= 4 is 17.6 Å². The van der Waals surface area contributed by atoms with E-state index in [4.69, 9.17) is 26.2 Å². The van der Waals surface area contributed by atoms with Crippen molar-refractivity contribution in [2.75, 3.05) is 7.11 Å². The maximum atomic E-state index is 11.1. The van der Waals surface area contributed by atoms with E-state index < -0.39 is 5.97 Å². The Hall–Kier alpha value is -2.27. The molecule has 2 aromatic rings. The Morgan fingerprint density at radius 3 is 2.68 bits per heavy atom. The van der Waals surface area contributed by atoms with Gasteiger partial charge in [0.2, 0.25) is 5.88 Å². The van der Waals surface area contributed by atoms with Crippen LogP contribution in [0.3, 0.4) is 0 Å². The van der Waals surface area contributed by atoms with Crippen LogP contribution in [0.15, 0.2) is 36.5 Å². The first-order valence-electron chi connectivity index (χ1n) is 5.31. The van der Waals surface area contributed by atoms with E-state index in [1.165, 1.54) is 31.5 Å². The molecule has 2 rings (SSSR count). The molecular weight excluding hydrogens is 270 g/mol. The number of benzene rings is 1. The summed E-state index contributed by atoms with van der Waals surface area (Å²) in [5.41, 5.74) is 0.0158. The van der Waals surface area contributed by atoms with Crippen LogP contribution in [-0.2, 0) is 0 Å². The third kappa shape index (κ3) is 3.14. The number of ether oxygens (including phenoxy) is 2. The maximum absolute atomic E-state index is 11.1. The van der Waals surface area contributed by atoms with Gasteiger partial charge in [-0.3, -0.25) is 0 Å². The lowest BCUT2D eigenvalue weighted by molar-refractivity contribution is 0.0694. The molecule has 0 atom stereocenters. The van der Waals surface area contributed by atoms with Gasteiger partial charge in [-0.2, -0.15) is 0 Å². The van der Waals surface area contributed by atoms with Crippen LogP contribution in [0.2, 0.25) is 5.02 Å². The Morgan fingerprint density at radius 2 is 2.11 bits per heavy atom. The zero-order chi connectivity index (χ0) is 13.8. The summed E-state index contributed by atoms with van der Waals surface area (Å²) in [4.78, 5) is 15.1. The Labute approximate surface area is 114 Å². The molecule has 1 heterocycles. The van der Waals surface area contributed by atoms with E-state index in [-0.39, 0.29) is 17.2 Å². The molecule has 0 fully saturated rings. The van der Waals surface area contributed by atoms with Crippen molar-refractivity contribution < 1.29 is 19.4 Å². The van der Waals surface area contributed by atoms with Gasteiger partial charge in [0.1, 0.15) is 17.1 Å². The molecule has 0 unspecified atom stereocenters. The van der Waals surface area contributed by atoms with Gasteiger partial charge in [0.15, 0.2) is 0 Å². The van der Waals surface area contributed by atoms with E-state index in [1.807, 2.05) is 0 Å². The average molecular weight is 280 g/mol. The van der Waals surface area contributed by atoms with Crippen LogP contribution in [0.25, 0.3) is 0 Å². The van der Waals surface area contributed by atoms with Gasteiger partial charge >= 0.3 is 5.97 Å². The number of aromatic carboxylic acids is 1. The van der Waals surface area contributed by atoms with Crippen LogP contribution in [-0.4, -0.2) is 23.2 Å². The number of pyridine rings is 1. The molecule has 0 saturated heterocycles. The van der Waals surface area contributed by atoms with Crippen molar-refractivity contribution in [3.8, 4) is 17.4 Å². The van der Waals surface area contributed by atoms with E-state index in [9.17, 15) is 4.79 Å². The normalized spacial score (nSPS) is 10.0. The molecule has 0 aliphatic rings. The molecule has 0 amide bonds. The highest BCUT2D eigenvalue weighted by molar-refractivity contribution is 6.30. The molecule has 1 aromatic heterocycles. The van der Waals surface area contributed by atoms with Gasteiger partial charge in [-0.25, -0.2) is 9.78 Å². The first kappa shape index (κ1) is 13.2. The van der Waals surface area contributed by atoms with Crippen LogP contribution in [0, 0.1) is 0 Å². The SMILES string of the molecule is COc1ccc(Oc2cc(Cl)ccc2C(=O)O)nc1. The van der Waals surface area contributed by atoms with Crippen molar-refractivity contribution in [1.29, 1.82) is 0 Å². The number of hydrogen-bond acceptors (Lipinski definition) is 4. The van der Waals surface area contributed by atoms with Crippen LogP contribution < -0.4 is 9.47 Å². The fourth-order valence-corrected chi connectivity index (χ4v) is 1.58. The summed E-state index contributed by atoms with van der Waals surface area (Å²) in [6.45, 7) is 0. The fourth-order valence-electron chi connectivity index (χ4n) is 1.42. The molecule has 0 radical (unpaired) electrons. The minimum Gasteiger partial charge on any atom is -0.495 e. The summed E-state index contributed by atoms with van der Waals surface area (Å²) in [7, 11) is 1.52. The maximum Gasteiger partial charge on any atom is 0.339 e. The standard InChI is InChI=1S/C13H10ClNO4/c1-18-9-3-5-12(15-7-9)19-11-6-8(14)2-4-10(11)13(16)17/h2-7H,1H3,(H,16,17). The van der Waals surface area contributed by atoms with Gasteiger partial charge in [-0.05, 0) is 18.2 Å². The minimum absolute atomic E-state index is 0.0158. The average Bonchev–Trinajstić information content (AvgIpc) is 2.39. The van der Waals surface area contributed by atoms with Gasteiger partial charge in [-0.15, -0.1) is 0 Å². The highest BCUT2D eigenvalue weighted by Crippen LogP contribution is 2.28. The Kier molecular flexibility index (Phi) is 3.87. The molecule has 0 spiro atoms. The van der Waals surface area contributed by atoms with Gasteiger partial charge in [0.25, 0.3) is 0 Å². The second-order valence-corrected chi connectivity index (χ2v) is 4.02. The van der Waals surface area contributed by atoms with Gasteiger partial charge in [0.05, 0.1) is 13.3 Å². The summed E-state index contributed by atoms with van der Waals surface area (Å²) >= 11 is 5.82. The third-order valence-electron chi connectivity index (χ3n) is 2.33. The molecule has 0 aliphatic heterocycles. The Bertz CT molecular complexity index is 598. The summed E-state index contributed by atoms with van der Waals surface area (Å²) in [5.74, 6) is -0.125. The van der Waals surface area contributed by atoms with E-state index in [2.05, 4.69) is 4.98 Å². The van der Waals surface area contributed by atoms with Crippen LogP contribution >= 0.6 is 11.6 Å². The van der Waals surface area contributed by atoms with Crippen LogP contribution in [0.5, 0.6) is 17.4 Å². The summed E-state index contributed by atoms with van der Waals surface area (Å²) in [5, 5.41) is 9.44. The Morgan fingerprint density at radius 1 is 1.32 bits per heavy atom. The third-order valence-corrected chi connectivity index (χ3v) is 2.57. The number of aromatic nitrogens is 1. The monoisotopic (exact) mass is 279 g/mol. The first-order chi connectivity index (χ1) is 9.10. The number of methoxy groups -OCH3 is 1. The molecule has 1 aromatic carbocycles. The fraction of sp³-hybridized carbons (Fsp3) is 0.0769. The largest absolute Gasteiger partial charge is 0.495 e. The molecule has 0 bridgehead atoms. The van der Waals surface area contributed by atoms with Crippen molar-refractivity contribution in [1.82, 2.24) is 4.98 Å². The summed E-state index contributed by atoms with van der Waals surface area (Å²) in [6, 6.07) is 7.53. The highest BCUT2D eigenvalue weighted by Gasteiger charge is 2.13. The first-order valence-corrected chi connectivity index (χ1v) is 5.68. The highest BCUT2D eigenvalue weighted by atomic mass is 35.5. The lowest BCUT2D eigenvalue weighted by atomic mass is 10.2. The zero-order valence-corrected chi connectivity index (χ0v) is 10.7. The number of carboxylic acids is 1. The minimum atomic E-state index is -1.10.